The fourth-order valence-electron chi connectivity index (χ4n) is 1.39. The molecule has 0 aliphatic carbocycles. The van der Waals surface area contributed by atoms with Crippen molar-refractivity contribution >= 4 is 17.2 Å². The summed E-state index contributed by atoms with van der Waals surface area (Å²) in [5.41, 5.74) is 6.35. The summed E-state index contributed by atoms with van der Waals surface area (Å²) in [5, 5.41) is 2.07. The summed E-state index contributed by atoms with van der Waals surface area (Å²) in [6, 6.07) is 4.16. The molecule has 2 rings (SSSR count). The normalized spacial score (nSPS) is 10.4. The van der Waals surface area contributed by atoms with Crippen LogP contribution in [0.3, 0.4) is 0 Å². The van der Waals surface area contributed by atoms with Gasteiger partial charge in [-0.2, -0.15) is 0 Å². The molecule has 0 bridgehead atoms. The minimum atomic E-state index is 0.424. The average Bonchev–Trinajstić information content (AvgIpc) is 2.82. The Morgan fingerprint density at radius 1 is 1.44 bits per heavy atom. The minimum Gasteiger partial charge on any atom is -0.353 e. The van der Waals surface area contributed by atoms with Crippen molar-refractivity contribution in [2.75, 3.05) is 11.9 Å². The van der Waals surface area contributed by atoms with Gasteiger partial charge in [-0.05, 0) is 11.4 Å². The van der Waals surface area contributed by atoms with Crippen LogP contribution in [0.15, 0.2) is 29.9 Å². The molecule has 2 aromatic heterocycles. The number of hydrogen-bond acceptors (Lipinski definition) is 5. The van der Waals surface area contributed by atoms with E-state index in [4.69, 9.17) is 5.73 Å². The van der Waals surface area contributed by atoms with Crippen molar-refractivity contribution in [1.82, 2.24) is 9.97 Å². The standard InChI is InChI=1S/C11H14N4S/c1-15(8-10-3-2-4-16-10)11-7-13-6-9(5-12)14-11/h2-4,6-7H,5,8,12H2,1H3. The van der Waals surface area contributed by atoms with Gasteiger partial charge in [-0.15, -0.1) is 11.3 Å². The van der Waals surface area contributed by atoms with E-state index in [9.17, 15) is 0 Å². The lowest BCUT2D eigenvalue weighted by Crippen LogP contribution is -2.18. The van der Waals surface area contributed by atoms with E-state index in [1.807, 2.05) is 7.05 Å². The van der Waals surface area contributed by atoms with Crippen LogP contribution in [0.25, 0.3) is 0 Å². The Morgan fingerprint density at radius 2 is 2.31 bits per heavy atom. The maximum atomic E-state index is 5.54. The fraction of sp³-hybridized carbons (Fsp3) is 0.273. The van der Waals surface area contributed by atoms with Crippen LogP contribution in [0.2, 0.25) is 0 Å². The van der Waals surface area contributed by atoms with Crippen LogP contribution in [0.4, 0.5) is 5.82 Å². The maximum absolute atomic E-state index is 5.54. The zero-order valence-corrected chi connectivity index (χ0v) is 9.94. The molecule has 0 aliphatic rings. The molecule has 0 saturated heterocycles. The third-order valence-electron chi connectivity index (χ3n) is 2.25. The highest BCUT2D eigenvalue weighted by Gasteiger charge is 2.05. The first kappa shape index (κ1) is 11.0. The maximum Gasteiger partial charge on any atom is 0.147 e. The van der Waals surface area contributed by atoms with Crippen LogP contribution >= 0.6 is 11.3 Å². The minimum absolute atomic E-state index is 0.424. The predicted molar refractivity (Wildman–Crippen MR) is 66.3 cm³/mol. The van der Waals surface area contributed by atoms with Crippen molar-refractivity contribution in [2.45, 2.75) is 13.1 Å². The average molecular weight is 234 g/mol. The van der Waals surface area contributed by atoms with Crippen molar-refractivity contribution in [2.24, 2.45) is 5.73 Å². The van der Waals surface area contributed by atoms with E-state index in [1.54, 1.807) is 23.7 Å². The van der Waals surface area contributed by atoms with Gasteiger partial charge in [-0.25, -0.2) is 4.98 Å². The van der Waals surface area contributed by atoms with Gasteiger partial charge in [-0.1, -0.05) is 6.07 Å². The van der Waals surface area contributed by atoms with Gasteiger partial charge in [0.25, 0.3) is 0 Å². The molecule has 0 unspecified atom stereocenters. The van der Waals surface area contributed by atoms with Gasteiger partial charge in [0.1, 0.15) is 5.82 Å². The van der Waals surface area contributed by atoms with Crippen molar-refractivity contribution < 1.29 is 0 Å². The first-order valence-electron chi connectivity index (χ1n) is 5.04. The number of nitrogens with zero attached hydrogens (tertiary/aromatic N) is 3. The SMILES string of the molecule is CN(Cc1cccs1)c1cncc(CN)n1. The van der Waals surface area contributed by atoms with Gasteiger partial charge in [0.05, 0.1) is 18.4 Å². The van der Waals surface area contributed by atoms with Crippen LogP contribution < -0.4 is 10.6 Å². The third-order valence-corrected chi connectivity index (χ3v) is 3.11. The molecule has 0 atom stereocenters. The van der Waals surface area contributed by atoms with E-state index >= 15 is 0 Å². The molecule has 0 aromatic carbocycles. The summed E-state index contributed by atoms with van der Waals surface area (Å²) < 4.78 is 0. The molecule has 2 heterocycles. The van der Waals surface area contributed by atoms with Crippen LogP contribution in [0, 0.1) is 0 Å². The highest BCUT2D eigenvalue weighted by Crippen LogP contribution is 2.15. The number of anilines is 1. The zero-order valence-electron chi connectivity index (χ0n) is 9.13. The molecule has 84 valence electrons. The van der Waals surface area contributed by atoms with Gasteiger partial charge in [0.15, 0.2) is 0 Å². The number of nitrogens with two attached hydrogens (primary N) is 1. The molecule has 2 N–H and O–H groups in total. The molecule has 0 spiro atoms. The Hall–Kier alpha value is -1.46. The molecule has 0 saturated carbocycles. The van der Waals surface area contributed by atoms with E-state index < -0.39 is 0 Å². The van der Waals surface area contributed by atoms with Gasteiger partial charge in [0, 0.05) is 24.7 Å². The number of thiophene rings is 1. The Labute approximate surface area is 98.8 Å². The molecule has 0 radical (unpaired) electrons. The molecular weight excluding hydrogens is 220 g/mol. The number of rotatable bonds is 4. The smallest absolute Gasteiger partial charge is 0.147 e. The lowest BCUT2D eigenvalue weighted by Gasteiger charge is -2.17. The largest absolute Gasteiger partial charge is 0.353 e. The first-order chi connectivity index (χ1) is 7.79. The second-order valence-electron chi connectivity index (χ2n) is 3.51. The first-order valence-corrected chi connectivity index (χ1v) is 5.92. The lowest BCUT2D eigenvalue weighted by molar-refractivity contribution is 0.874. The molecular formula is C11H14N4S. The Bertz CT molecular complexity index is 441. The van der Waals surface area contributed by atoms with Crippen LogP contribution in [0.1, 0.15) is 10.6 Å². The van der Waals surface area contributed by atoms with Gasteiger partial charge >= 0.3 is 0 Å². The molecule has 5 heteroatoms. The highest BCUT2D eigenvalue weighted by atomic mass is 32.1. The van der Waals surface area contributed by atoms with Crippen LogP contribution in [-0.4, -0.2) is 17.0 Å². The summed E-state index contributed by atoms with van der Waals surface area (Å²) >= 11 is 1.74. The van der Waals surface area contributed by atoms with E-state index in [-0.39, 0.29) is 0 Å². The van der Waals surface area contributed by atoms with E-state index in [1.165, 1.54) is 4.88 Å². The summed E-state index contributed by atoms with van der Waals surface area (Å²) in [6.07, 6.45) is 3.45. The predicted octanol–water partition coefficient (Wildman–Crippen LogP) is 1.63. The summed E-state index contributed by atoms with van der Waals surface area (Å²) in [5.74, 6) is 0.858. The van der Waals surface area contributed by atoms with Crippen molar-refractivity contribution in [1.29, 1.82) is 0 Å². The summed E-state index contributed by atoms with van der Waals surface area (Å²) in [7, 11) is 2.00. The van der Waals surface area contributed by atoms with Crippen molar-refractivity contribution in [3.63, 3.8) is 0 Å². The molecule has 16 heavy (non-hydrogen) atoms. The number of hydrogen-bond donors (Lipinski definition) is 1. The van der Waals surface area contributed by atoms with Crippen molar-refractivity contribution in [3.05, 3.63) is 40.5 Å². The molecule has 2 aromatic rings. The monoisotopic (exact) mass is 234 g/mol. The molecule has 0 fully saturated rings. The Morgan fingerprint density at radius 3 is 3.00 bits per heavy atom. The summed E-state index contributed by atoms with van der Waals surface area (Å²) in [4.78, 5) is 11.9. The second-order valence-corrected chi connectivity index (χ2v) is 4.54. The fourth-order valence-corrected chi connectivity index (χ4v) is 2.15. The second kappa shape index (κ2) is 5.05. The van der Waals surface area contributed by atoms with Gasteiger partial charge in [0.2, 0.25) is 0 Å². The van der Waals surface area contributed by atoms with Crippen LogP contribution in [0.5, 0.6) is 0 Å². The van der Waals surface area contributed by atoms with Crippen molar-refractivity contribution in [3.8, 4) is 0 Å². The molecule has 0 amide bonds. The zero-order chi connectivity index (χ0) is 11.4. The van der Waals surface area contributed by atoms with E-state index in [0.717, 1.165) is 18.1 Å². The molecule has 0 aliphatic heterocycles. The quantitative estimate of drug-likeness (QED) is 0.873. The Kier molecular flexibility index (Phi) is 3.48. The topological polar surface area (TPSA) is 55.0 Å². The van der Waals surface area contributed by atoms with E-state index in [0.29, 0.717) is 6.54 Å². The van der Waals surface area contributed by atoms with Gasteiger partial charge < -0.3 is 10.6 Å². The lowest BCUT2D eigenvalue weighted by atomic mass is 10.4. The van der Waals surface area contributed by atoms with Gasteiger partial charge in [-0.3, -0.25) is 4.98 Å². The van der Waals surface area contributed by atoms with E-state index in [2.05, 4.69) is 32.4 Å². The highest BCUT2D eigenvalue weighted by molar-refractivity contribution is 7.09. The Balaban J connectivity index is 2.11. The third kappa shape index (κ3) is 2.56. The number of aromatic nitrogens is 2. The molecule has 4 nitrogen and oxygen atoms in total. The van der Waals surface area contributed by atoms with Crippen LogP contribution in [-0.2, 0) is 13.1 Å². The summed E-state index contributed by atoms with van der Waals surface area (Å²) in [6.45, 7) is 1.27.